The molecule has 1 rings (SSSR count). The Morgan fingerprint density at radius 1 is 1.50 bits per heavy atom. The second-order valence-corrected chi connectivity index (χ2v) is 4.15. The maximum absolute atomic E-state index is 11.1. The van der Waals surface area contributed by atoms with E-state index in [0.717, 1.165) is 5.56 Å². The number of benzene rings is 1. The van der Waals surface area contributed by atoms with Gasteiger partial charge in [0.2, 0.25) is 5.91 Å². The summed E-state index contributed by atoms with van der Waals surface area (Å²) in [6.45, 7) is 2.29. The van der Waals surface area contributed by atoms with Crippen LogP contribution in [0.25, 0.3) is 0 Å². The first-order valence-electron chi connectivity index (χ1n) is 4.99. The molecule has 1 aromatic carbocycles. The van der Waals surface area contributed by atoms with Gasteiger partial charge in [-0.1, -0.05) is 23.7 Å². The van der Waals surface area contributed by atoms with E-state index >= 15 is 0 Å². The highest BCUT2D eigenvalue weighted by atomic mass is 35.5. The van der Waals surface area contributed by atoms with E-state index in [0.29, 0.717) is 5.02 Å². The molecule has 0 spiro atoms. The number of nitrogens with one attached hydrogen (secondary N) is 1. The molecule has 0 fully saturated rings. The number of halogens is 1. The summed E-state index contributed by atoms with van der Waals surface area (Å²) in [6.07, 6.45) is 0. The number of carbonyl (C=O) groups is 1. The molecule has 0 heterocycles. The van der Waals surface area contributed by atoms with Crippen LogP contribution in [0.2, 0.25) is 5.02 Å². The lowest BCUT2D eigenvalue weighted by molar-refractivity contribution is -0.122. The van der Waals surface area contributed by atoms with Gasteiger partial charge >= 0.3 is 0 Å². The zero-order chi connectivity index (χ0) is 12.1. The molecule has 1 unspecified atom stereocenters. The van der Waals surface area contributed by atoms with Gasteiger partial charge in [0.15, 0.2) is 0 Å². The summed E-state index contributed by atoms with van der Waals surface area (Å²) < 4.78 is 0. The molecular formula is C11H16ClN3O. The molecule has 4 nitrogen and oxygen atoms in total. The van der Waals surface area contributed by atoms with E-state index in [1.165, 1.54) is 0 Å². The van der Waals surface area contributed by atoms with Crippen LogP contribution in [0, 0.1) is 0 Å². The van der Waals surface area contributed by atoms with Crippen molar-refractivity contribution in [1.82, 2.24) is 10.3 Å². The lowest BCUT2D eigenvalue weighted by Crippen LogP contribution is -2.39. The zero-order valence-corrected chi connectivity index (χ0v) is 10.2. The van der Waals surface area contributed by atoms with E-state index in [4.69, 9.17) is 17.4 Å². The molecule has 0 bridgehead atoms. The van der Waals surface area contributed by atoms with Crippen molar-refractivity contribution in [1.29, 1.82) is 0 Å². The lowest BCUT2D eigenvalue weighted by atomic mass is 10.1. The molecule has 5 heteroatoms. The SMILES string of the molecule is CC(c1ccc(Cl)cc1)N(C)CC(=O)NN. The third-order valence-corrected chi connectivity index (χ3v) is 2.82. The fourth-order valence-electron chi connectivity index (χ4n) is 1.40. The number of nitrogens with zero attached hydrogens (tertiary/aromatic N) is 1. The third kappa shape index (κ3) is 3.48. The van der Waals surface area contributed by atoms with E-state index in [9.17, 15) is 4.79 Å². The van der Waals surface area contributed by atoms with Crippen LogP contribution in [0.4, 0.5) is 0 Å². The second kappa shape index (κ2) is 5.84. The quantitative estimate of drug-likeness (QED) is 0.475. The average molecular weight is 242 g/mol. The molecule has 1 amide bonds. The molecular weight excluding hydrogens is 226 g/mol. The molecule has 3 N–H and O–H groups in total. The van der Waals surface area contributed by atoms with Crippen LogP contribution in [0.1, 0.15) is 18.5 Å². The Morgan fingerprint density at radius 3 is 2.56 bits per heavy atom. The standard InChI is InChI=1S/C11H16ClN3O/c1-8(15(2)7-11(16)14-13)9-3-5-10(12)6-4-9/h3-6,8H,7,13H2,1-2H3,(H,14,16). The molecule has 1 atom stereocenters. The summed E-state index contributed by atoms with van der Waals surface area (Å²) >= 11 is 5.81. The minimum atomic E-state index is -0.205. The summed E-state index contributed by atoms with van der Waals surface area (Å²) in [4.78, 5) is 13.0. The third-order valence-electron chi connectivity index (χ3n) is 2.57. The molecule has 0 aliphatic rings. The topological polar surface area (TPSA) is 58.4 Å². The van der Waals surface area contributed by atoms with Crippen LogP contribution >= 0.6 is 11.6 Å². The first-order valence-corrected chi connectivity index (χ1v) is 5.37. The van der Waals surface area contributed by atoms with Gasteiger partial charge in [-0.25, -0.2) is 5.84 Å². The van der Waals surface area contributed by atoms with Gasteiger partial charge < -0.3 is 0 Å². The van der Waals surface area contributed by atoms with Gasteiger partial charge in [0, 0.05) is 11.1 Å². The normalized spacial score (nSPS) is 12.6. The maximum Gasteiger partial charge on any atom is 0.248 e. The smallest absolute Gasteiger partial charge is 0.248 e. The van der Waals surface area contributed by atoms with E-state index in [-0.39, 0.29) is 18.5 Å². The van der Waals surface area contributed by atoms with E-state index in [1.54, 1.807) is 0 Å². The Morgan fingerprint density at radius 2 is 2.06 bits per heavy atom. The summed E-state index contributed by atoms with van der Waals surface area (Å²) in [5.74, 6) is 4.83. The predicted octanol–water partition coefficient (Wildman–Crippen LogP) is 1.32. The number of carbonyl (C=O) groups excluding carboxylic acids is 1. The van der Waals surface area contributed by atoms with Gasteiger partial charge in [-0.3, -0.25) is 15.1 Å². The zero-order valence-electron chi connectivity index (χ0n) is 9.40. The lowest BCUT2D eigenvalue weighted by Gasteiger charge is -2.24. The first kappa shape index (κ1) is 13.0. The van der Waals surface area contributed by atoms with Crippen LogP contribution in [0.15, 0.2) is 24.3 Å². The molecule has 0 saturated heterocycles. The Bertz CT molecular complexity index is 353. The molecule has 0 aliphatic carbocycles. The van der Waals surface area contributed by atoms with Gasteiger partial charge in [0.25, 0.3) is 0 Å². The van der Waals surface area contributed by atoms with Crippen LogP contribution in [-0.2, 0) is 4.79 Å². The Labute approximate surface area is 100 Å². The fourth-order valence-corrected chi connectivity index (χ4v) is 1.53. The minimum Gasteiger partial charge on any atom is -0.293 e. The van der Waals surface area contributed by atoms with Crippen molar-refractivity contribution >= 4 is 17.5 Å². The number of likely N-dealkylation sites (N-methyl/N-ethyl adjacent to an activating group) is 1. The predicted molar refractivity (Wildman–Crippen MR) is 64.8 cm³/mol. The van der Waals surface area contributed by atoms with Crippen molar-refractivity contribution in [3.05, 3.63) is 34.9 Å². The molecule has 88 valence electrons. The Kier molecular flexibility index (Phi) is 4.73. The molecule has 16 heavy (non-hydrogen) atoms. The Balaban J connectivity index is 2.66. The van der Waals surface area contributed by atoms with Gasteiger partial charge in [-0.2, -0.15) is 0 Å². The van der Waals surface area contributed by atoms with Crippen LogP contribution in [0.3, 0.4) is 0 Å². The van der Waals surface area contributed by atoms with E-state index in [2.05, 4.69) is 5.43 Å². The Hall–Kier alpha value is -1.10. The van der Waals surface area contributed by atoms with Gasteiger partial charge in [0.1, 0.15) is 0 Å². The summed E-state index contributed by atoms with van der Waals surface area (Å²) in [6, 6.07) is 7.71. The largest absolute Gasteiger partial charge is 0.293 e. The van der Waals surface area contributed by atoms with Crippen molar-refractivity contribution in [2.45, 2.75) is 13.0 Å². The number of nitrogens with two attached hydrogens (primary N) is 1. The minimum absolute atomic E-state index is 0.134. The van der Waals surface area contributed by atoms with Crippen molar-refractivity contribution in [2.24, 2.45) is 5.84 Å². The van der Waals surface area contributed by atoms with Gasteiger partial charge in [-0.15, -0.1) is 0 Å². The molecule has 0 saturated carbocycles. The highest BCUT2D eigenvalue weighted by Gasteiger charge is 2.13. The molecule has 0 radical (unpaired) electrons. The molecule has 1 aromatic rings. The molecule has 0 aliphatic heterocycles. The van der Waals surface area contributed by atoms with Crippen LogP contribution in [-0.4, -0.2) is 24.4 Å². The van der Waals surface area contributed by atoms with Crippen LogP contribution < -0.4 is 11.3 Å². The number of amides is 1. The average Bonchev–Trinajstić information content (AvgIpc) is 2.28. The highest BCUT2D eigenvalue weighted by molar-refractivity contribution is 6.30. The summed E-state index contributed by atoms with van der Waals surface area (Å²) in [5, 5.41) is 0.707. The van der Waals surface area contributed by atoms with Crippen LogP contribution in [0.5, 0.6) is 0 Å². The number of hydrazine groups is 1. The maximum atomic E-state index is 11.1. The first-order chi connectivity index (χ1) is 7.54. The van der Waals surface area contributed by atoms with Crippen molar-refractivity contribution in [2.75, 3.05) is 13.6 Å². The summed E-state index contributed by atoms with van der Waals surface area (Å²) in [5.41, 5.74) is 3.22. The molecule has 0 aromatic heterocycles. The second-order valence-electron chi connectivity index (χ2n) is 3.71. The fraction of sp³-hybridized carbons (Fsp3) is 0.364. The van der Waals surface area contributed by atoms with Crippen molar-refractivity contribution in [3.8, 4) is 0 Å². The monoisotopic (exact) mass is 241 g/mol. The highest BCUT2D eigenvalue weighted by Crippen LogP contribution is 2.20. The van der Waals surface area contributed by atoms with Gasteiger partial charge in [-0.05, 0) is 31.7 Å². The van der Waals surface area contributed by atoms with E-state index in [1.807, 2.05) is 43.1 Å². The van der Waals surface area contributed by atoms with Crippen molar-refractivity contribution < 1.29 is 4.79 Å². The van der Waals surface area contributed by atoms with Crippen molar-refractivity contribution in [3.63, 3.8) is 0 Å². The number of rotatable bonds is 4. The number of hydrogen-bond acceptors (Lipinski definition) is 3. The number of hydrogen-bond donors (Lipinski definition) is 2. The summed E-state index contributed by atoms with van der Waals surface area (Å²) in [7, 11) is 1.87. The van der Waals surface area contributed by atoms with E-state index < -0.39 is 0 Å². The van der Waals surface area contributed by atoms with Gasteiger partial charge in [0.05, 0.1) is 6.54 Å².